The summed E-state index contributed by atoms with van der Waals surface area (Å²) in [5.41, 5.74) is 2.73. The Balaban J connectivity index is 1.21. The molecule has 2 fully saturated rings. The van der Waals surface area contributed by atoms with Crippen LogP contribution in [0.5, 0.6) is 5.75 Å². The summed E-state index contributed by atoms with van der Waals surface area (Å²) in [6.07, 6.45) is 13.0. The Hall–Kier alpha value is -2.30. The molecule has 1 saturated carbocycles. The number of rotatable bonds is 9. The van der Waals surface area contributed by atoms with Gasteiger partial charge in [0.25, 0.3) is 0 Å². The number of hydrogen-bond acceptors (Lipinski definition) is 3. The van der Waals surface area contributed by atoms with E-state index in [4.69, 9.17) is 16.3 Å². The van der Waals surface area contributed by atoms with Crippen molar-refractivity contribution in [3.8, 4) is 5.75 Å². The van der Waals surface area contributed by atoms with Gasteiger partial charge in [-0.1, -0.05) is 61.2 Å². The summed E-state index contributed by atoms with van der Waals surface area (Å²) in [4.78, 5) is 16.0. The molecule has 1 saturated heterocycles. The largest absolute Gasteiger partial charge is 0.495 e. The maximum Gasteiger partial charge on any atom is 0.166 e. The zero-order valence-corrected chi connectivity index (χ0v) is 22.3. The van der Waals surface area contributed by atoms with Crippen LogP contribution in [0.4, 0.5) is 0 Å². The van der Waals surface area contributed by atoms with Crippen LogP contribution in [0.15, 0.2) is 48.7 Å². The highest BCUT2D eigenvalue weighted by Crippen LogP contribution is 2.37. The lowest BCUT2D eigenvalue weighted by molar-refractivity contribution is 0.0954. The van der Waals surface area contributed by atoms with Crippen molar-refractivity contribution < 1.29 is 9.53 Å². The van der Waals surface area contributed by atoms with E-state index in [2.05, 4.69) is 21.6 Å². The van der Waals surface area contributed by atoms with E-state index < -0.39 is 0 Å². The molecule has 0 atom stereocenters. The number of ether oxygens (including phenoxy) is 1. The van der Waals surface area contributed by atoms with Crippen LogP contribution >= 0.6 is 11.6 Å². The molecule has 0 bridgehead atoms. The number of carbonyl (C=O) groups excluding carboxylic acids is 1. The number of benzene rings is 2. The molecule has 0 radical (unpaired) electrons. The number of ketones is 1. The van der Waals surface area contributed by atoms with Crippen LogP contribution in [0.3, 0.4) is 0 Å². The Morgan fingerprint density at radius 1 is 1.00 bits per heavy atom. The summed E-state index contributed by atoms with van der Waals surface area (Å²) in [6, 6.07) is 14.2. The molecule has 192 valence electrons. The first kappa shape index (κ1) is 25.4. The third-order valence-electron chi connectivity index (χ3n) is 8.38. The molecule has 0 N–H and O–H groups in total. The fourth-order valence-electron chi connectivity index (χ4n) is 6.33. The highest BCUT2D eigenvalue weighted by atomic mass is 35.5. The van der Waals surface area contributed by atoms with Gasteiger partial charge in [0.15, 0.2) is 5.78 Å². The lowest BCUT2D eigenvalue weighted by atomic mass is 9.87. The Morgan fingerprint density at radius 2 is 1.75 bits per heavy atom. The monoisotopic (exact) mass is 506 g/mol. The van der Waals surface area contributed by atoms with Crippen LogP contribution in [0.1, 0.15) is 73.7 Å². The lowest BCUT2D eigenvalue weighted by Crippen LogP contribution is -2.37. The number of aromatic nitrogens is 1. The van der Waals surface area contributed by atoms with E-state index in [1.165, 1.54) is 70.1 Å². The van der Waals surface area contributed by atoms with Gasteiger partial charge in [-0.15, -0.1) is 0 Å². The van der Waals surface area contributed by atoms with Crippen LogP contribution in [0.25, 0.3) is 10.9 Å². The molecule has 0 amide bonds. The van der Waals surface area contributed by atoms with Gasteiger partial charge in [0.05, 0.1) is 23.2 Å². The quantitative estimate of drug-likeness (QED) is 0.280. The Labute approximate surface area is 220 Å². The Morgan fingerprint density at radius 3 is 2.47 bits per heavy atom. The van der Waals surface area contributed by atoms with Gasteiger partial charge in [-0.3, -0.25) is 4.79 Å². The number of halogens is 1. The van der Waals surface area contributed by atoms with Crippen LogP contribution < -0.4 is 4.74 Å². The van der Waals surface area contributed by atoms with Crippen LogP contribution in [0.2, 0.25) is 5.02 Å². The molecule has 3 aromatic rings. The van der Waals surface area contributed by atoms with Crippen molar-refractivity contribution in [2.45, 2.75) is 64.3 Å². The zero-order chi connectivity index (χ0) is 24.9. The van der Waals surface area contributed by atoms with E-state index in [-0.39, 0.29) is 5.78 Å². The highest BCUT2D eigenvalue weighted by Gasteiger charge is 2.25. The van der Waals surface area contributed by atoms with Gasteiger partial charge < -0.3 is 14.2 Å². The molecule has 1 aliphatic carbocycles. The number of piperidine rings is 1. The molecule has 2 heterocycles. The molecule has 1 aromatic heterocycles. The van der Waals surface area contributed by atoms with Gasteiger partial charge in [0.1, 0.15) is 5.75 Å². The number of fused-ring (bicyclic) bond motifs is 1. The van der Waals surface area contributed by atoms with E-state index in [0.29, 0.717) is 28.7 Å². The standard InChI is InChI=1S/C31H39ClN2O2/c1-36-31-26-16-19-34(22-25-10-6-3-7-11-25)30(26)28(32)20-27(31)29(35)13-12-23-14-17-33(18-15-23)21-24-8-4-2-5-9-24/h3,6-7,10-11,16,19-20,23-24H,2,4-5,8-9,12-15,17-18,21-22H2,1H3. The first-order valence-corrected chi connectivity index (χ1v) is 14.1. The third-order valence-corrected chi connectivity index (χ3v) is 8.67. The minimum absolute atomic E-state index is 0.135. The Bertz CT molecular complexity index is 1160. The van der Waals surface area contributed by atoms with Gasteiger partial charge >= 0.3 is 0 Å². The summed E-state index contributed by atoms with van der Waals surface area (Å²) < 4.78 is 7.91. The number of hydrogen-bond donors (Lipinski definition) is 0. The maximum absolute atomic E-state index is 13.3. The smallest absolute Gasteiger partial charge is 0.166 e. The number of carbonyl (C=O) groups is 1. The van der Waals surface area contributed by atoms with Crippen molar-refractivity contribution in [2.24, 2.45) is 11.8 Å². The molecule has 5 heteroatoms. The second-order valence-electron chi connectivity index (χ2n) is 10.8. The maximum atomic E-state index is 13.3. The molecule has 5 rings (SSSR count). The molecule has 0 unspecified atom stereocenters. The van der Waals surface area contributed by atoms with E-state index in [9.17, 15) is 4.79 Å². The summed E-state index contributed by atoms with van der Waals surface area (Å²) in [6.45, 7) is 4.38. The fourth-order valence-corrected chi connectivity index (χ4v) is 6.65. The van der Waals surface area contributed by atoms with Crippen molar-refractivity contribution in [3.05, 3.63) is 64.8 Å². The normalized spacial score (nSPS) is 18.1. The molecule has 2 aromatic carbocycles. The minimum atomic E-state index is 0.135. The fraction of sp³-hybridized carbons (Fsp3) is 0.516. The van der Waals surface area contributed by atoms with E-state index in [0.717, 1.165) is 29.8 Å². The van der Waals surface area contributed by atoms with Crippen molar-refractivity contribution in [2.75, 3.05) is 26.7 Å². The SMILES string of the molecule is COc1c(C(=O)CCC2CCN(CC3CCCCC3)CC2)cc(Cl)c2c1ccn2Cc1ccccc1. The second kappa shape index (κ2) is 11.8. The highest BCUT2D eigenvalue weighted by molar-refractivity contribution is 6.36. The molecule has 36 heavy (non-hydrogen) atoms. The van der Waals surface area contributed by atoms with Crippen molar-refractivity contribution in [1.82, 2.24) is 9.47 Å². The summed E-state index contributed by atoms with van der Waals surface area (Å²) >= 11 is 6.76. The predicted molar refractivity (Wildman–Crippen MR) is 148 cm³/mol. The van der Waals surface area contributed by atoms with Crippen molar-refractivity contribution in [3.63, 3.8) is 0 Å². The summed E-state index contributed by atoms with van der Waals surface area (Å²) in [7, 11) is 1.65. The first-order chi connectivity index (χ1) is 17.6. The lowest BCUT2D eigenvalue weighted by Gasteiger charge is -2.35. The van der Waals surface area contributed by atoms with E-state index in [1.807, 2.05) is 36.5 Å². The van der Waals surface area contributed by atoms with E-state index in [1.54, 1.807) is 7.11 Å². The van der Waals surface area contributed by atoms with Gasteiger partial charge in [-0.25, -0.2) is 0 Å². The average Bonchev–Trinajstić information content (AvgIpc) is 3.33. The van der Waals surface area contributed by atoms with Gasteiger partial charge in [-0.2, -0.15) is 0 Å². The van der Waals surface area contributed by atoms with Crippen molar-refractivity contribution in [1.29, 1.82) is 0 Å². The molecule has 2 aliphatic rings. The third kappa shape index (κ3) is 5.81. The van der Waals surface area contributed by atoms with E-state index >= 15 is 0 Å². The van der Waals surface area contributed by atoms with Crippen LogP contribution in [0, 0.1) is 11.8 Å². The van der Waals surface area contributed by atoms with Gasteiger partial charge in [-0.05, 0) is 74.7 Å². The van der Waals surface area contributed by atoms with Crippen LogP contribution in [-0.4, -0.2) is 42.0 Å². The second-order valence-corrected chi connectivity index (χ2v) is 11.2. The van der Waals surface area contributed by atoms with Gasteiger partial charge in [0.2, 0.25) is 0 Å². The summed E-state index contributed by atoms with van der Waals surface area (Å²) in [5, 5.41) is 1.51. The van der Waals surface area contributed by atoms with Crippen molar-refractivity contribution >= 4 is 28.3 Å². The number of methoxy groups -OCH3 is 1. The number of Topliss-reactive ketones (excluding diaryl/α,β-unsaturated/α-hetero) is 1. The molecule has 1 aliphatic heterocycles. The molecular weight excluding hydrogens is 468 g/mol. The zero-order valence-electron chi connectivity index (χ0n) is 21.6. The minimum Gasteiger partial charge on any atom is -0.495 e. The topological polar surface area (TPSA) is 34.5 Å². The predicted octanol–water partition coefficient (Wildman–Crippen LogP) is 7.61. The Kier molecular flexibility index (Phi) is 8.33. The first-order valence-electron chi connectivity index (χ1n) is 13.8. The number of likely N-dealkylation sites (tertiary alicyclic amines) is 1. The van der Waals surface area contributed by atoms with Crippen LogP contribution in [-0.2, 0) is 6.54 Å². The molecule has 4 nitrogen and oxygen atoms in total. The van der Waals surface area contributed by atoms with Gasteiger partial charge in [0, 0.05) is 31.1 Å². The summed E-state index contributed by atoms with van der Waals surface area (Å²) in [5.74, 6) is 2.32. The number of nitrogens with zero attached hydrogens (tertiary/aromatic N) is 2. The molecule has 0 spiro atoms. The molecular formula is C31H39ClN2O2. The average molecular weight is 507 g/mol.